The fourth-order valence-corrected chi connectivity index (χ4v) is 4.33. The van der Waals surface area contributed by atoms with Crippen molar-refractivity contribution in [2.45, 2.75) is 38.6 Å². The molecular formula is C21H35IN4O. The lowest BCUT2D eigenvalue weighted by Gasteiger charge is -2.35. The van der Waals surface area contributed by atoms with Crippen LogP contribution in [0.15, 0.2) is 29.3 Å². The van der Waals surface area contributed by atoms with Crippen LogP contribution in [0.1, 0.15) is 44.2 Å². The number of rotatable bonds is 5. The molecule has 0 spiro atoms. The summed E-state index contributed by atoms with van der Waals surface area (Å²) in [6.45, 7) is 7.71. The van der Waals surface area contributed by atoms with Gasteiger partial charge in [-0.2, -0.15) is 0 Å². The van der Waals surface area contributed by atoms with Crippen LogP contribution in [0, 0.1) is 5.92 Å². The largest absolute Gasteiger partial charge is 0.496 e. The lowest BCUT2D eigenvalue weighted by atomic mass is 10.0. The highest BCUT2D eigenvalue weighted by atomic mass is 127. The Morgan fingerprint density at radius 3 is 2.63 bits per heavy atom. The van der Waals surface area contributed by atoms with Crippen LogP contribution in [0.25, 0.3) is 0 Å². The zero-order valence-electron chi connectivity index (χ0n) is 17.0. The maximum Gasteiger partial charge on any atom is 0.193 e. The van der Waals surface area contributed by atoms with Crippen molar-refractivity contribution in [1.82, 2.24) is 15.1 Å². The lowest BCUT2D eigenvalue weighted by molar-refractivity contribution is 0.231. The van der Waals surface area contributed by atoms with Crippen molar-refractivity contribution >= 4 is 29.9 Å². The van der Waals surface area contributed by atoms with Crippen LogP contribution in [0.3, 0.4) is 0 Å². The van der Waals surface area contributed by atoms with Gasteiger partial charge in [0, 0.05) is 32.2 Å². The SMILES string of the molecule is CN=C(NCC(c1ccccc1OC)N1CCCC1)N1CCCC(C)C1.I. The molecule has 1 N–H and O–H groups in total. The average molecular weight is 486 g/mol. The number of para-hydroxylation sites is 1. The molecule has 1 aromatic carbocycles. The molecule has 2 fully saturated rings. The minimum absolute atomic E-state index is 0. The van der Waals surface area contributed by atoms with Crippen molar-refractivity contribution in [2.24, 2.45) is 10.9 Å². The Kier molecular flexibility index (Phi) is 9.15. The Bertz CT molecular complexity index is 604. The molecule has 27 heavy (non-hydrogen) atoms. The third kappa shape index (κ3) is 5.73. The van der Waals surface area contributed by atoms with E-state index in [2.05, 4.69) is 45.2 Å². The normalized spacial score (nSPS) is 22.3. The average Bonchev–Trinajstić information content (AvgIpc) is 3.20. The molecule has 0 aliphatic carbocycles. The number of benzene rings is 1. The Morgan fingerprint density at radius 2 is 1.96 bits per heavy atom. The molecular weight excluding hydrogens is 451 g/mol. The van der Waals surface area contributed by atoms with Gasteiger partial charge in [-0.25, -0.2) is 0 Å². The number of methoxy groups -OCH3 is 1. The van der Waals surface area contributed by atoms with E-state index in [0.717, 1.165) is 50.4 Å². The van der Waals surface area contributed by atoms with Gasteiger partial charge in [0.2, 0.25) is 0 Å². The second-order valence-corrected chi connectivity index (χ2v) is 7.62. The lowest BCUT2D eigenvalue weighted by Crippen LogP contribution is -2.48. The zero-order chi connectivity index (χ0) is 18.4. The van der Waals surface area contributed by atoms with E-state index in [9.17, 15) is 0 Å². The summed E-state index contributed by atoms with van der Waals surface area (Å²) in [5, 5.41) is 3.67. The second-order valence-electron chi connectivity index (χ2n) is 7.62. The van der Waals surface area contributed by atoms with Gasteiger partial charge in [-0.3, -0.25) is 9.89 Å². The molecule has 1 aromatic rings. The summed E-state index contributed by atoms with van der Waals surface area (Å²) >= 11 is 0. The van der Waals surface area contributed by atoms with Crippen LogP contribution in [0.5, 0.6) is 5.75 Å². The molecule has 6 heteroatoms. The number of piperidine rings is 1. The van der Waals surface area contributed by atoms with Crippen LogP contribution < -0.4 is 10.1 Å². The number of guanidine groups is 1. The maximum absolute atomic E-state index is 5.65. The van der Waals surface area contributed by atoms with Crippen LogP contribution in [-0.4, -0.2) is 62.6 Å². The molecule has 2 saturated heterocycles. The molecule has 3 rings (SSSR count). The summed E-state index contributed by atoms with van der Waals surface area (Å²) in [4.78, 5) is 9.56. The molecule has 2 aliphatic heterocycles. The molecule has 5 nitrogen and oxygen atoms in total. The Hall–Kier alpha value is -1.02. The number of halogens is 1. The molecule has 0 amide bonds. The number of hydrogen-bond donors (Lipinski definition) is 1. The van der Waals surface area contributed by atoms with Gasteiger partial charge < -0.3 is 15.0 Å². The first kappa shape index (κ1) is 22.3. The number of nitrogens with one attached hydrogen (secondary N) is 1. The third-order valence-electron chi connectivity index (χ3n) is 5.70. The van der Waals surface area contributed by atoms with E-state index in [1.54, 1.807) is 7.11 Å². The van der Waals surface area contributed by atoms with Gasteiger partial charge in [-0.15, -0.1) is 24.0 Å². The summed E-state index contributed by atoms with van der Waals surface area (Å²) < 4.78 is 5.65. The number of hydrogen-bond acceptors (Lipinski definition) is 3. The molecule has 2 unspecified atom stereocenters. The van der Waals surface area contributed by atoms with Crippen molar-refractivity contribution in [3.8, 4) is 5.75 Å². The van der Waals surface area contributed by atoms with E-state index < -0.39 is 0 Å². The van der Waals surface area contributed by atoms with Crippen LogP contribution in [0.4, 0.5) is 0 Å². The first-order chi connectivity index (χ1) is 12.7. The van der Waals surface area contributed by atoms with Gasteiger partial charge in [0.05, 0.1) is 13.2 Å². The fourth-order valence-electron chi connectivity index (χ4n) is 4.33. The molecule has 2 atom stereocenters. The summed E-state index contributed by atoms with van der Waals surface area (Å²) in [5.41, 5.74) is 1.27. The highest BCUT2D eigenvalue weighted by molar-refractivity contribution is 14.0. The van der Waals surface area contributed by atoms with Crippen molar-refractivity contribution in [2.75, 3.05) is 46.9 Å². The van der Waals surface area contributed by atoms with E-state index in [1.807, 2.05) is 13.1 Å². The predicted octanol–water partition coefficient (Wildman–Crippen LogP) is 3.76. The molecule has 0 radical (unpaired) electrons. The zero-order valence-corrected chi connectivity index (χ0v) is 19.3. The van der Waals surface area contributed by atoms with E-state index in [1.165, 1.54) is 31.2 Å². The van der Waals surface area contributed by atoms with Crippen molar-refractivity contribution in [3.05, 3.63) is 29.8 Å². The first-order valence-corrected chi connectivity index (χ1v) is 10.1. The van der Waals surface area contributed by atoms with Crippen molar-refractivity contribution < 1.29 is 4.74 Å². The molecule has 152 valence electrons. The standard InChI is InChI=1S/C21H34N4O.HI/c1-17-9-8-14-25(16-17)21(22-2)23-15-19(24-12-6-7-13-24)18-10-4-5-11-20(18)26-3;/h4-5,10-11,17,19H,6-9,12-16H2,1-3H3,(H,22,23);1H. The smallest absolute Gasteiger partial charge is 0.193 e. The molecule has 2 aliphatic rings. The molecule has 0 aromatic heterocycles. The summed E-state index contributed by atoms with van der Waals surface area (Å²) in [6.07, 6.45) is 5.14. The van der Waals surface area contributed by atoms with Crippen LogP contribution >= 0.6 is 24.0 Å². The summed E-state index contributed by atoms with van der Waals surface area (Å²) in [6, 6.07) is 8.74. The van der Waals surface area contributed by atoms with Gasteiger partial charge in [0.25, 0.3) is 0 Å². The van der Waals surface area contributed by atoms with Gasteiger partial charge in [0.1, 0.15) is 5.75 Å². The van der Waals surface area contributed by atoms with Gasteiger partial charge in [0.15, 0.2) is 5.96 Å². The predicted molar refractivity (Wildman–Crippen MR) is 123 cm³/mol. The monoisotopic (exact) mass is 486 g/mol. The Balaban J connectivity index is 0.00000261. The number of nitrogens with zero attached hydrogens (tertiary/aromatic N) is 3. The highest BCUT2D eigenvalue weighted by Crippen LogP contribution is 2.31. The molecule has 0 saturated carbocycles. The van der Waals surface area contributed by atoms with Crippen LogP contribution in [-0.2, 0) is 0 Å². The summed E-state index contributed by atoms with van der Waals surface area (Å²) in [5.74, 6) is 2.76. The number of ether oxygens (including phenoxy) is 1. The highest BCUT2D eigenvalue weighted by Gasteiger charge is 2.27. The number of likely N-dealkylation sites (tertiary alicyclic amines) is 2. The number of aliphatic imine (C=N–C) groups is 1. The van der Waals surface area contributed by atoms with Gasteiger partial charge >= 0.3 is 0 Å². The molecule has 2 heterocycles. The topological polar surface area (TPSA) is 40.1 Å². The Morgan fingerprint density at radius 1 is 1.22 bits per heavy atom. The van der Waals surface area contributed by atoms with Crippen LogP contribution in [0.2, 0.25) is 0 Å². The third-order valence-corrected chi connectivity index (χ3v) is 5.70. The van der Waals surface area contributed by atoms with Crippen molar-refractivity contribution in [3.63, 3.8) is 0 Å². The van der Waals surface area contributed by atoms with E-state index >= 15 is 0 Å². The molecule has 0 bridgehead atoms. The second kappa shape index (κ2) is 11.1. The fraction of sp³-hybridized carbons (Fsp3) is 0.667. The minimum Gasteiger partial charge on any atom is -0.496 e. The van der Waals surface area contributed by atoms with Gasteiger partial charge in [-0.05, 0) is 50.8 Å². The first-order valence-electron chi connectivity index (χ1n) is 10.1. The van der Waals surface area contributed by atoms with E-state index in [4.69, 9.17) is 4.74 Å². The Labute approximate surface area is 181 Å². The van der Waals surface area contributed by atoms with Gasteiger partial charge in [-0.1, -0.05) is 25.1 Å². The van der Waals surface area contributed by atoms with E-state index in [0.29, 0.717) is 6.04 Å². The minimum atomic E-state index is 0. The quantitative estimate of drug-likeness (QED) is 0.391. The van der Waals surface area contributed by atoms with Crippen molar-refractivity contribution in [1.29, 1.82) is 0 Å². The maximum atomic E-state index is 5.65. The van der Waals surface area contributed by atoms with E-state index in [-0.39, 0.29) is 24.0 Å². The summed E-state index contributed by atoms with van der Waals surface area (Å²) in [7, 11) is 3.66.